The monoisotopic (exact) mass is 379 g/mol. The molecule has 2 aliphatic heterocycles. The van der Waals surface area contributed by atoms with Gasteiger partial charge in [0.2, 0.25) is 10.0 Å². The molecule has 1 atom stereocenters. The highest BCUT2D eigenvalue weighted by molar-refractivity contribution is 7.89. The van der Waals surface area contributed by atoms with Crippen LogP contribution >= 0.6 is 0 Å². The molecule has 0 radical (unpaired) electrons. The van der Waals surface area contributed by atoms with Crippen molar-refractivity contribution in [3.63, 3.8) is 0 Å². The van der Waals surface area contributed by atoms with E-state index in [9.17, 15) is 8.42 Å². The van der Waals surface area contributed by atoms with Gasteiger partial charge in [-0.3, -0.25) is 4.90 Å². The van der Waals surface area contributed by atoms with Gasteiger partial charge in [-0.05, 0) is 18.5 Å². The van der Waals surface area contributed by atoms with E-state index in [4.69, 9.17) is 0 Å². The molecular formula is C20H33N3O2S. The van der Waals surface area contributed by atoms with Crippen LogP contribution in [-0.2, 0) is 16.6 Å². The maximum Gasteiger partial charge on any atom is 0.216 e. The first kappa shape index (κ1) is 19.8. The minimum absolute atomic E-state index is 0.144. The molecule has 0 amide bonds. The Hall–Kier alpha value is -0.950. The summed E-state index contributed by atoms with van der Waals surface area (Å²) in [5, 5.41) is 0. The minimum Gasteiger partial charge on any atom is -0.301 e. The Kier molecular flexibility index (Phi) is 7.09. The van der Waals surface area contributed by atoms with E-state index < -0.39 is 10.0 Å². The molecule has 2 aliphatic rings. The van der Waals surface area contributed by atoms with Crippen LogP contribution in [0.25, 0.3) is 0 Å². The van der Waals surface area contributed by atoms with Crippen LogP contribution in [0.2, 0.25) is 0 Å². The molecular weight excluding hydrogens is 346 g/mol. The van der Waals surface area contributed by atoms with Crippen molar-refractivity contribution in [2.24, 2.45) is 0 Å². The van der Waals surface area contributed by atoms with Crippen LogP contribution in [0, 0.1) is 0 Å². The summed E-state index contributed by atoms with van der Waals surface area (Å²) in [5.74, 6) is 0.274. The minimum atomic E-state index is -3.14. The smallest absolute Gasteiger partial charge is 0.216 e. The van der Waals surface area contributed by atoms with E-state index in [0.717, 1.165) is 31.7 Å². The number of unbranched alkanes of at least 4 members (excludes halogenated alkanes) is 3. The lowest BCUT2D eigenvalue weighted by Gasteiger charge is -2.37. The van der Waals surface area contributed by atoms with Gasteiger partial charge in [0.1, 0.15) is 0 Å². The first-order valence-electron chi connectivity index (χ1n) is 10.1. The van der Waals surface area contributed by atoms with E-state index in [-0.39, 0.29) is 11.8 Å². The van der Waals surface area contributed by atoms with Gasteiger partial charge >= 0.3 is 0 Å². The molecule has 6 heteroatoms. The Morgan fingerprint density at radius 3 is 2.42 bits per heavy atom. The zero-order valence-electron chi connectivity index (χ0n) is 16.0. The third-order valence-corrected chi connectivity index (χ3v) is 7.53. The highest BCUT2D eigenvalue weighted by Crippen LogP contribution is 2.22. The average Bonchev–Trinajstić information content (AvgIpc) is 2.95. The number of hydrogen-bond acceptors (Lipinski definition) is 4. The fourth-order valence-electron chi connectivity index (χ4n) is 4.03. The molecule has 0 bridgehead atoms. The van der Waals surface area contributed by atoms with Gasteiger partial charge in [-0.1, -0.05) is 56.5 Å². The third kappa shape index (κ3) is 5.28. The van der Waals surface area contributed by atoms with Crippen LogP contribution in [0.1, 0.15) is 38.2 Å². The van der Waals surface area contributed by atoms with Crippen molar-refractivity contribution < 1.29 is 8.42 Å². The van der Waals surface area contributed by atoms with Crippen molar-refractivity contribution in [3.8, 4) is 0 Å². The van der Waals surface area contributed by atoms with Crippen LogP contribution < -0.4 is 0 Å². The second kappa shape index (κ2) is 9.31. The Labute approximate surface area is 159 Å². The fraction of sp³-hybridized carbons (Fsp3) is 0.700. The van der Waals surface area contributed by atoms with Gasteiger partial charge < -0.3 is 4.90 Å². The number of nitrogens with zero attached hydrogens (tertiary/aromatic N) is 3. The number of piperazine rings is 1. The Morgan fingerprint density at radius 2 is 1.73 bits per heavy atom. The molecule has 0 N–H and O–H groups in total. The Morgan fingerprint density at radius 1 is 1.00 bits per heavy atom. The highest BCUT2D eigenvalue weighted by Gasteiger charge is 2.39. The molecule has 146 valence electrons. The molecule has 0 aromatic heterocycles. The Bertz CT molecular complexity index is 642. The molecule has 2 heterocycles. The lowest BCUT2D eigenvalue weighted by molar-refractivity contribution is 0.0997. The van der Waals surface area contributed by atoms with Crippen LogP contribution in [0.5, 0.6) is 0 Å². The van der Waals surface area contributed by atoms with Gasteiger partial charge in [-0.2, -0.15) is 4.31 Å². The summed E-state index contributed by atoms with van der Waals surface area (Å²) < 4.78 is 26.8. The normalized spacial score (nSPS) is 24.9. The summed E-state index contributed by atoms with van der Waals surface area (Å²) in [6, 6.07) is 10.0. The molecule has 2 fully saturated rings. The molecule has 0 aliphatic carbocycles. The molecule has 26 heavy (non-hydrogen) atoms. The zero-order valence-corrected chi connectivity index (χ0v) is 16.8. The molecule has 0 saturated carbocycles. The van der Waals surface area contributed by atoms with E-state index >= 15 is 0 Å². The molecule has 3 rings (SSSR count). The van der Waals surface area contributed by atoms with Gasteiger partial charge in [-0.15, -0.1) is 0 Å². The quantitative estimate of drug-likeness (QED) is 0.651. The van der Waals surface area contributed by atoms with E-state index in [0.29, 0.717) is 13.1 Å². The molecule has 1 unspecified atom stereocenters. The van der Waals surface area contributed by atoms with Gasteiger partial charge in [0.05, 0.1) is 5.75 Å². The summed E-state index contributed by atoms with van der Waals surface area (Å²) in [7, 11) is -3.14. The predicted octanol–water partition coefficient (Wildman–Crippen LogP) is 2.40. The first-order chi connectivity index (χ1) is 12.6. The van der Waals surface area contributed by atoms with Crippen molar-refractivity contribution in [1.82, 2.24) is 14.1 Å². The lowest BCUT2D eigenvalue weighted by atomic mass is 10.1. The van der Waals surface area contributed by atoms with Crippen LogP contribution in [0.4, 0.5) is 0 Å². The van der Waals surface area contributed by atoms with Crippen molar-refractivity contribution in [1.29, 1.82) is 0 Å². The van der Waals surface area contributed by atoms with Gasteiger partial charge in [-0.25, -0.2) is 8.42 Å². The fourth-order valence-corrected chi connectivity index (χ4v) is 5.79. The molecule has 0 spiro atoms. The molecule has 5 nitrogen and oxygen atoms in total. The van der Waals surface area contributed by atoms with Crippen molar-refractivity contribution >= 4 is 10.0 Å². The number of sulfonamides is 1. The maximum absolute atomic E-state index is 12.6. The van der Waals surface area contributed by atoms with E-state index in [1.165, 1.54) is 32.2 Å². The molecule has 1 aromatic rings. The summed E-state index contributed by atoms with van der Waals surface area (Å²) in [6.45, 7) is 8.69. The standard InChI is InChI=1S/C20H33N3O2S/c1-2-3-4-8-11-21-12-14-22(15-13-21)20-17-23(26(24,25)18-20)16-19-9-6-5-7-10-19/h5-7,9-10,20H,2-4,8,11-18H2,1H3. The van der Waals surface area contributed by atoms with Crippen LogP contribution in [-0.4, -0.2) is 73.6 Å². The van der Waals surface area contributed by atoms with Crippen LogP contribution in [0.3, 0.4) is 0 Å². The number of rotatable bonds is 8. The average molecular weight is 380 g/mol. The van der Waals surface area contributed by atoms with Gasteiger partial charge in [0.15, 0.2) is 0 Å². The third-order valence-electron chi connectivity index (χ3n) is 5.66. The first-order valence-corrected chi connectivity index (χ1v) is 11.7. The number of hydrogen-bond donors (Lipinski definition) is 0. The molecule has 2 saturated heterocycles. The summed E-state index contributed by atoms with van der Waals surface area (Å²) in [4.78, 5) is 4.93. The van der Waals surface area contributed by atoms with Crippen molar-refractivity contribution in [2.75, 3.05) is 45.0 Å². The largest absolute Gasteiger partial charge is 0.301 e. The highest BCUT2D eigenvalue weighted by atomic mass is 32.2. The maximum atomic E-state index is 12.6. The van der Waals surface area contributed by atoms with Crippen LogP contribution in [0.15, 0.2) is 30.3 Å². The summed E-state index contributed by atoms with van der Waals surface area (Å²) in [6.07, 6.45) is 5.23. The zero-order chi connectivity index (χ0) is 18.4. The summed E-state index contributed by atoms with van der Waals surface area (Å²) >= 11 is 0. The van der Waals surface area contributed by atoms with E-state index in [2.05, 4.69) is 16.7 Å². The second-order valence-corrected chi connectivity index (χ2v) is 9.66. The predicted molar refractivity (Wildman–Crippen MR) is 107 cm³/mol. The topological polar surface area (TPSA) is 43.9 Å². The SMILES string of the molecule is CCCCCCN1CCN(C2CN(Cc3ccccc3)S(=O)(=O)C2)CC1. The number of benzene rings is 1. The summed E-state index contributed by atoms with van der Waals surface area (Å²) in [5.41, 5.74) is 1.06. The lowest BCUT2D eigenvalue weighted by Crippen LogP contribution is -2.51. The van der Waals surface area contributed by atoms with E-state index in [1.807, 2.05) is 30.3 Å². The Balaban J connectivity index is 1.47. The van der Waals surface area contributed by atoms with Gasteiger partial charge in [0.25, 0.3) is 0 Å². The van der Waals surface area contributed by atoms with E-state index in [1.54, 1.807) is 4.31 Å². The second-order valence-electron chi connectivity index (χ2n) is 7.65. The van der Waals surface area contributed by atoms with Crippen molar-refractivity contribution in [3.05, 3.63) is 35.9 Å². The molecule has 1 aromatic carbocycles. The van der Waals surface area contributed by atoms with Gasteiger partial charge in [0, 0.05) is 45.3 Å². The van der Waals surface area contributed by atoms with Crippen molar-refractivity contribution in [2.45, 2.75) is 45.2 Å².